The number of halogens is 1. The summed E-state index contributed by atoms with van der Waals surface area (Å²) in [6.07, 6.45) is 7.13. The van der Waals surface area contributed by atoms with Gasteiger partial charge in [0.1, 0.15) is 18.3 Å². The zero-order valence-electron chi connectivity index (χ0n) is 23.9. The van der Waals surface area contributed by atoms with E-state index in [1.165, 1.54) is 55.8 Å². The first-order chi connectivity index (χ1) is 20.3. The van der Waals surface area contributed by atoms with Gasteiger partial charge in [-0.1, -0.05) is 64.7 Å². The van der Waals surface area contributed by atoms with Crippen molar-refractivity contribution in [1.82, 2.24) is 24.8 Å². The van der Waals surface area contributed by atoms with E-state index in [0.29, 0.717) is 6.54 Å². The zero-order valence-corrected chi connectivity index (χ0v) is 26.5. The van der Waals surface area contributed by atoms with Crippen LogP contribution in [0.5, 0.6) is 0 Å². The van der Waals surface area contributed by atoms with Crippen LogP contribution in [-0.2, 0) is 18.4 Å². The Hall–Kier alpha value is -1.71. The van der Waals surface area contributed by atoms with E-state index in [0.717, 1.165) is 19.3 Å². The largest absolute Gasteiger partial charge is 0.387 e. The molecule has 5 atom stereocenters. The Morgan fingerprint density at radius 2 is 1.65 bits per heavy atom. The molecule has 1 aliphatic heterocycles. The van der Waals surface area contributed by atoms with E-state index in [1.807, 2.05) is 0 Å². The Balaban J connectivity index is 1.53. The minimum Gasteiger partial charge on any atom is -0.387 e. The number of hydrogen-bond donors (Lipinski definition) is 7. The number of nitrogens with one attached hydrogen (secondary N) is 2. The first kappa shape index (κ1) is 35.8. The number of aromatic nitrogens is 4. The molecule has 1 aliphatic rings. The topological polar surface area (TPSA) is 238 Å². The fraction of sp³-hybridized carbons (Fsp3) is 0.750. The highest BCUT2D eigenvalue weighted by atomic mass is 35.5. The quantitative estimate of drug-likeness (QED) is 0.0684. The van der Waals surface area contributed by atoms with Gasteiger partial charge in [-0.25, -0.2) is 9.78 Å². The number of anilines is 1. The molecule has 16 nitrogen and oxygen atoms in total. The van der Waals surface area contributed by atoms with E-state index in [1.54, 1.807) is 0 Å². The van der Waals surface area contributed by atoms with Crippen LogP contribution in [0.15, 0.2) is 6.33 Å². The monoisotopic (exact) mass is 670 g/mol. The number of carbonyl (C=O) groups is 1. The number of urea groups is 1. The second-order valence-corrected chi connectivity index (χ2v) is 14.8. The Labute approximate surface area is 254 Å². The van der Waals surface area contributed by atoms with Gasteiger partial charge in [0, 0.05) is 6.54 Å². The molecule has 244 valence electrons. The first-order valence-corrected chi connectivity index (χ1v) is 18.2. The highest BCUT2D eigenvalue weighted by Gasteiger charge is 2.45. The van der Waals surface area contributed by atoms with Gasteiger partial charge in [0.15, 0.2) is 29.1 Å². The number of ether oxygens (including phenoxy) is 1. The molecule has 1 saturated heterocycles. The van der Waals surface area contributed by atoms with Crippen molar-refractivity contribution in [2.75, 3.05) is 24.4 Å². The number of aliphatic hydroxyl groups is 2. The Kier molecular flexibility index (Phi) is 13.8. The van der Waals surface area contributed by atoms with Crippen LogP contribution in [0.2, 0.25) is 5.28 Å². The minimum atomic E-state index is -4.86. The molecular formula is C24H41ClN6O10P2. The van der Waals surface area contributed by atoms with Crippen LogP contribution in [-0.4, -0.2) is 87.8 Å². The smallest absolute Gasteiger partial charge is 0.340 e. The first-order valence-electron chi connectivity index (χ1n) is 14.3. The van der Waals surface area contributed by atoms with E-state index in [9.17, 15) is 29.0 Å². The highest BCUT2D eigenvalue weighted by Crippen LogP contribution is 2.55. The van der Waals surface area contributed by atoms with Gasteiger partial charge < -0.3 is 39.5 Å². The SMILES string of the molecule is CCCCCCCCCCCCNC(=O)Nc1nc(Cl)nc2c1ncn2[C@@H]1O[C@H](COP(=O)(O)CP(=O)(O)O)[C@H](O)C1O. The van der Waals surface area contributed by atoms with E-state index in [-0.39, 0.29) is 22.3 Å². The molecule has 0 saturated carbocycles. The summed E-state index contributed by atoms with van der Waals surface area (Å²) < 4.78 is 34.6. The lowest BCUT2D eigenvalue weighted by Gasteiger charge is -2.18. The van der Waals surface area contributed by atoms with Crippen molar-refractivity contribution >= 4 is 49.8 Å². The van der Waals surface area contributed by atoms with Crippen molar-refractivity contribution in [1.29, 1.82) is 0 Å². The molecule has 0 aromatic carbocycles. The summed E-state index contributed by atoms with van der Waals surface area (Å²) in [6, 6.07) is -0.518. The summed E-state index contributed by atoms with van der Waals surface area (Å²) in [6.45, 7) is 1.92. The predicted molar refractivity (Wildman–Crippen MR) is 158 cm³/mol. The van der Waals surface area contributed by atoms with Crippen LogP contribution >= 0.6 is 26.8 Å². The number of aliphatic hydroxyl groups excluding tert-OH is 2. The van der Waals surface area contributed by atoms with Crippen LogP contribution in [0, 0.1) is 0 Å². The molecule has 2 aromatic rings. The van der Waals surface area contributed by atoms with Crippen LogP contribution < -0.4 is 10.6 Å². The molecule has 0 spiro atoms. The van der Waals surface area contributed by atoms with Crippen molar-refractivity contribution in [3.63, 3.8) is 0 Å². The summed E-state index contributed by atoms with van der Waals surface area (Å²) in [5.74, 6) is -1.42. The molecule has 43 heavy (non-hydrogen) atoms. The fourth-order valence-corrected chi connectivity index (χ4v) is 7.42. The van der Waals surface area contributed by atoms with Crippen LogP contribution in [0.4, 0.5) is 10.6 Å². The molecule has 3 heterocycles. The van der Waals surface area contributed by atoms with Gasteiger partial charge in [-0.2, -0.15) is 9.97 Å². The molecule has 7 N–H and O–H groups in total. The number of amides is 2. The van der Waals surface area contributed by atoms with Gasteiger partial charge in [0.2, 0.25) is 5.28 Å². The number of carbonyl (C=O) groups excluding carboxylic acids is 1. The van der Waals surface area contributed by atoms with Gasteiger partial charge in [-0.3, -0.25) is 19.0 Å². The van der Waals surface area contributed by atoms with Crippen molar-refractivity contribution in [2.24, 2.45) is 0 Å². The average Bonchev–Trinajstić information content (AvgIpc) is 3.45. The molecule has 0 radical (unpaired) electrons. The fourth-order valence-electron chi connectivity index (χ4n) is 4.69. The third-order valence-electron chi connectivity index (χ3n) is 6.86. The number of rotatable bonds is 18. The minimum absolute atomic E-state index is 0.000831. The maximum absolute atomic E-state index is 12.5. The molecule has 0 bridgehead atoms. The Bertz CT molecular complexity index is 1300. The van der Waals surface area contributed by atoms with Crippen molar-refractivity contribution in [3.05, 3.63) is 11.6 Å². The molecule has 2 amide bonds. The average molecular weight is 671 g/mol. The predicted octanol–water partition coefficient (Wildman–Crippen LogP) is 3.48. The van der Waals surface area contributed by atoms with E-state index >= 15 is 0 Å². The molecular weight excluding hydrogens is 630 g/mol. The Morgan fingerprint density at radius 1 is 1.02 bits per heavy atom. The van der Waals surface area contributed by atoms with Gasteiger partial charge in [-0.05, 0) is 18.0 Å². The third-order valence-corrected chi connectivity index (χ3v) is 10.5. The van der Waals surface area contributed by atoms with Crippen LogP contribution in [0.1, 0.15) is 77.4 Å². The lowest BCUT2D eigenvalue weighted by molar-refractivity contribution is -0.0483. The zero-order chi connectivity index (χ0) is 31.6. The Morgan fingerprint density at radius 3 is 2.28 bits per heavy atom. The normalized spacial score (nSPS) is 22.1. The summed E-state index contributed by atoms with van der Waals surface area (Å²) in [7, 11) is -9.58. The van der Waals surface area contributed by atoms with Crippen LogP contribution in [0.3, 0.4) is 0 Å². The lowest BCUT2D eigenvalue weighted by atomic mass is 10.1. The second kappa shape index (κ2) is 16.6. The van der Waals surface area contributed by atoms with Gasteiger partial charge in [0.05, 0.1) is 12.9 Å². The second-order valence-electron chi connectivity index (χ2n) is 10.5. The van der Waals surface area contributed by atoms with Crippen molar-refractivity contribution in [2.45, 2.75) is 95.7 Å². The lowest BCUT2D eigenvalue weighted by Crippen LogP contribution is -2.33. The summed E-state index contributed by atoms with van der Waals surface area (Å²) in [4.78, 5) is 52.4. The molecule has 3 rings (SSSR count). The molecule has 19 heteroatoms. The third kappa shape index (κ3) is 11.3. The van der Waals surface area contributed by atoms with E-state index in [4.69, 9.17) is 30.6 Å². The number of hydrogen-bond acceptors (Lipinski definition) is 10. The van der Waals surface area contributed by atoms with E-state index in [2.05, 4.69) is 32.5 Å². The summed E-state index contributed by atoms with van der Waals surface area (Å²) in [5, 5.41) is 26.1. The number of imidazole rings is 1. The standard InChI is InChI=1S/C24H41ClN6O10P2/c1-2-3-4-5-6-7-8-9-10-11-12-26-24(34)29-20-17-21(30-23(25)28-20)31(14-27-17)22-19(33)18(32)16(41-22)13-40-43(38,39)15-42(35,36)37/h14,16,18-19,22,32-33H,2-13,15H2,1H3,(H,38,39)(H2,35,36,37)(H2,26,28,29,30,34)/t16-,18+,19?,22-/m1/s1. The summed E-state index contributed by atoms with van der Waals surface area (Å²) in [5.41, 5.74) is 0.169. The number of nitrogens with zero attached hydrogens (tertiary/aromatic N) is 4. The van der Waals surface area contributed by atoms with Gasteiger partial charge in [0.25, 0.3) is 0 Å². The van der Waals surface area contributed by atoms with Gasteiger partial charge >= 0.3 is 21.2 Å². The number of fused-ring (bicyclic) bond motifs is 1. The summed E-state index contributed by atoms with van der Waals surface area (Å²) >= 11 is 6.08. The highest BCUT2D eigenvalue weighted by molar-refractivity contribution is 7.70. The molecule has 2 aromatic heterocycles. The van der Waals surface area contributed by atoms with Crippen molar-refractivity contribution < 1.29 is 48.1 Å². The molecule has 0 aliphatic carbocycles. The van der Waals surface area contributed by atoms with Gasteiger partial charge in [-0.15, -0.1) is 0 Å². The van der Waals surface area contributed by atoms with Crippen molar-refractivity contribution in [3.8, 4) is 0 Å². The van der Waals surface area contributed by atoms with Crippen LogP contribution in [0.25, 0.3) is 11.2 Å². The number of unbranched alkanes of at least 4 members (excludes halogenated alkanes) is 9. The maximum atomic E-state index is 12.5. The maximum Gasteiger partial charge on any atom is 0.340 e. The molecule has 2 unspecified atom stereocenters. The van der Waals surface area contributed by atoms with E-state index < -0.39 is 58.3 Å². The molecule has 1 fully saturated rings.